The SMILES string of the molecule is O=C(COc1ccccc1F)Oc1ccc(Oc2ccc(C(F)(F)F)cn2)cc1. The molecule has 0 atom stereocenters. The highest BCUT2D eigenvalue weighted by atomic mass is 19.4. The summed E-state index contributed by atoms with van der Waals surface area (Å²) in [6.45, 7) is -0.491. The molecule has 5 nitrogen and oxygen atoms in total. The van der Waals surface area contributed by atoms with Gasteiger partial charge in [0.1, 0.15) is 11.5 Å². The molecule has 0 saturated carbocycles. The summed E-state index contributed by atoms with van der Waals surface area (Å²) in [6.07, 6.45) is -3.81. The van der Waals surface area contributed by atoms with Gasteiger partial charge in [-0.15, -0.1) is 0 Å². The Labute approximate surface area is 162 Å². The lowest BCUT2D eigenvalue weighted by Gasteiger charge is -2.09. The minimum absolute atomic E-state index is 0.0268. The van der Waals surface area contributed by atoms with Gasteiger partial charge in [-0.05, 0) is 42.5 Å². The van der Waals surface area contributed by atoms with Crippen LogP contribution in [0.2, 0.25) is 0 Å². The van der Waals surface area contributed by atoms with E-state index in [2.05, 4.69) is 4.98 Å². The predicted octanol–water partition coefficient (Wildman–Crippen LogP) is 5.02. The van der Waals surface area contributed by atoms with Crippen LogP contribution in [0.1, 0.15) is 5.56 Å². The predicted molar refractivity (Wildman–Crippen MR) is 93.3 cm³/mol. The zero-order chi connectivity index (χ0) is 20.9. The van der Waals surface area contributed by atoms with Crippen molar-refractivity contribution in [3.63, 3.8) is 0 Å². The maximum atomic E-state index is 13.4. The molecule has 150 valence electrons. The number of ether oxygens (including phenoxy) is 3. The highest BCUT2D eigenvalue weighted by molar-refractivity contribution is 5.74. The van der Waals surface area contributed by atoms with Crippen molar-refractivity contribution in [3.05, 3.63) is 78.2 Å². The quantitative estimate of drug-likeness (QED) is 0.326. The van der Waals surface area contributed by atoms with Crippen LogP contribution in [-0.4, -0.2) is 17.6 Å². The molecule has 1 aromatic heterocycles. The van der Waals surface area contributed by atoms with Crippen LogP contribution in [0.4, 0.5) is 17.6 Å². The molecular formula is C20H13F4NO4. The van der Waals surface area contributed by atoms with Crippen molar-refractivity contribution < 1.29 is 36.6 Å². The zero-order valence-corrected chi connectivity index (χ0v) is 14.7. The van der Waals surface area contributed by atoms with Gasteiger partial charge >= 0.3 is 12.1 Å². The summed E-state index contributed by atoms with van der Waals surface area (Å²) in [5.74, 6) is -0.984. The molecule has 0 aliphatic rings. The summed E-state index contributed by atoms with van der Waals surface area (Å²) in [5, 5.41) is 0. The van der Waals surface area contributed by atoms with E-state index in [1.165, 1.54) is 42.5 Å². The third-order valence-electron chi connectivity index (χ3n) is 3.52. The highest BCUT2D eigenvalue weighted by Gasteiger charge is 2.30. The fraction of sp³-hybridized carbons (Fsp3) is 0.100. The first-order valence-electron chi connectivity index (χ1n) is 8.20. The molecule has 9 heteroatoms. The van der Waals surface area contributed by atoms with E-state index in [4.69, 9.17) is 14.2 Å². The van der Waals surface area contributed by atoms with E-state index < -0.39 is 30.1 Å². The summed E-state index contributed by atoms with van der Waals surface area (Å²) >= 11 is 0. The number of benzene rings is 2. The second kappa shape index (κ2) is 8.59. The van der Waals surface area contributed by atoms with Crippen molar-refractivity contribution in [3.8, 4) is 23.1 Å². The largest absolute Gasteiger partial charge is 0.479 e. The maximum absolute atomic E-state index is 13.4. The number of pyridine rings is 1. The van der Waals surface area contributed by atoms with Gasteiger partial charge in [-0.25, -0.2) is 14.2 Å². The van der Waals surface area contributed by atoms with Crippen molar-refractivity contribution in [2.45, 2.75) is 6.18 Å². The van der Waals surface area contributed by atoms with Gasteiger partial charge in [0.15, 0.2) is 18.2 Å². The lowest BCUT2D eigenvalue weighted by Crippen LogP contribution is -2.18. The van der Waals surface area contributed by atoms with Gasteiger partial charge in [0.2, 0.25) is 5.88 Å². The number of halogens is 4. The van der Waals surface area contributed by atoms with Gasteiger partial charge in [-0.3, -0.25) is 0 Å². The molecule has 3 aromatic rings. The van der Waals surface area contributed by atoms with Gasteiger partial charge in [-0.1, -0.05) is 12.1 Å². The molecule has 0 aliphatic heterocycles. The Bertz CT molecular complexity index is 973. The Kier molecular flexibility index (Phi) is 5.96. The van der Waals surface area contributed by atoms with E-state index in [1.54, 1.807) is 6.07 Å². The molecule has 0 unspecified atom stereocenters. The Balaban J connectivity index is 1.53. The molecule has 0 fully saturated rings. The zero-order valence-electron chi connectivity index (χ0n) is 14.7. The highest BCUT2D eigenvalue weighted by Crippen LogP contribution is 2.30. The molecule has 0 N–H and O–H groups in total. The number of carbonyl (C=O) groups is 1. The van der Waals surface area contributed by atoms with Gasteiger partial charge in [0.05, 0.1) is 5.56 Å². The van der Waals surface area contributed by atoms with Crippen LogP contribution in [-0.2, 0) is 11.0 Å². The van der Waals surface area contributed by atoms with Crippen LogP contribution in [0, 0.1) is 5.82 Å². The van der Waals surface area contributed by atoms with Crippen molar-refractivity contribution in [2.24, 2.45) is 0 Å². The molecule has 29 heavy (non-hydrogen) atoms. The Morgan fingerprint density at radius 3 is 2.24 bits per heavy atom. The number of nitrogens with zero attached hydrogens (tertiary/aromatic N) is 1. The van der Waals surface area contributed by atoms with Crippen molar-refractivity contribution in [1.29, 1.82) is 0 Å². The smallest absolute Gasteiger partial charge is 0.417 e. The first-order chi connectivity index (χ1) is 13.8. The number of aromatic nitrogens is 1. The van der Waals surface area contributed by atoms with Crippen LogP contribution in [0.25, 0.3) is 0 Å². The van der Waals surface area contributed by atoms with E-state index in [1.807, 2.05) is 0 Å². The topological polar surface area (TPSA) is 57.7 Å². The molecule has 3 rings (SSSR count). The van der Waals surface area contributed by atoms with Crippen LogP contribution in [0.15, 0.2) is 66.9 Å². The molecule has 0 spiro atoms. The van der Waals surface area contributed by atoms with Crippen LogP contribution in [0.5, 0.6) is 23.1 Å². The first-order valence-corrected chi connectivity index (χ1v) is 8.20. The summed E-state index contributed by atoms with van der Waals surface area (Å²) in [7, 11) is 0. The fourth-order valence-corrected chi connectivity index (χ4v) is 2.16. The number of para-hydroxylation sites is 1. The van der Waals surface area contributed by atoms with Gasteiger partial charge < -0.3 is 14.2 Å². The molecule has 0 amide bonds. The number of hydrogen-bond acceptors (Lipinski definition) is 5. The Morgan fingerprint density at radius 2 is 1.62 bits per heavy atom. The second-order valence-corrected chi connectivity index (χ2v) is 5.65. The van der Waals surface area contributed by atoms with Crippen LogP contribution < -0.4 is 14.2 Å². The summed E-state index contributed by atoms with van der Waals surface area (Å²) < 4.78 is 66.4. The van der Waals surface area contributed by atoms with Gasteiger partial charge in [0.25, 0.3) is 0 Å². The van der Waals surface area contributed by atoms with Crippen LogP contribution in [0.3, 0.4) is 0 Å². The third kappa shape index (κ3) is 5.68. The molecule has 1 heterocycles. The average molecular weight is 407 g/mol. The number of alkyl halides is 3. The summed E-state index contributed by atoms with van der Waals surface area (Å²) in [6, 6.07) is 13.3. The van der Waals surface area contributed by atoms with E-state index in [0.717, 1.165) is 12.1 Å². The summed E-state index contributed by atoms with van der Waals surface area (Å²) in [4.78, 5) is 15.4. The van der Waals surface area contributed by atoms with Gasteiger partial charge in [-0.2, -0.15) is 13.2 Å². The summed E-state index contributed by atoms with van der Waals surface area (Å²) in [5.41, 5.74) is -0.885. The molecule has 0 saturated heterocycles. The van der Waals surface area contributed by atoms with E-state index in [-0.39, 0.29) is 23.1 Å². The fourth-order valence-electron chi connectivity index (χ4n) is 2.16. The lowest BCUT2D eigenvalue weighted by molar-refractivity contribution is -0.138. The van der Waals surface area contributed by atoms with Crippen LogP contribution >= 0.6 is 0 Å². The monoisotopic (exact) mass is 407 g/mol. The van der Waals surface area contributed by atoms with Crippen molar-refractivity contribution in [2.75, 3.05) is 6.61 Å². The molecule has 0 aliphatic carbocycles. The Hall–Kier alpha value is -3.62. The number of esters is 1. The third-order valence-corrected chi connectivity index (χ3v) is 3.52. The lowest BCUT2D eigenvalue weighted by atomic mass is 10.3. The van der Waals surface area contributed by atoms with Crippen molar-refractivity contribution in [1.82, 2.24) is 4.98 Å². The number of hydrogen-bond donors (Lipinski definition) is 0. The van der Waals surface area contributed by atoms with E-state index in [0.29, 0.717) is 6.20 Å². The van der Waals surface area contributed by atoms with E-state index >= 15 is 0 Å². The minimum Gasteiger partial charge on any atom is -0.479 e. The number of rotatable bonds is 6. The molecule has 0 bridgehead atoms. The molecule has 0 radical (unpaired) electrons. The molecular weight excluding hydrogens is 394 g/mol. The van der Waals surface area contributed by atoms with E-state index in [9.17, 15) is 22.4 Å². The second-order valence-electron chi connectivity index (χ2n) is 5.65. The van der Waals surface area contributed by atoms with Crippen molar-refractivity contribution >= 4 is 5.97 Å². The average Bonchev–Trinajstić information content (AvgIpc) is 2.69. The first kappa shape index (κ1) is 20.1. The minimum atomic E-state index is -4.48. The maximum Gasteiger partial charge on any atom is 0.417 e. The molecule has 2 aromatic carbocycles. The Morgan fingerprint density at radius 1 is 0.931 bits per heavy atom. The van der Waals surface area contributed by atoms with Gasteiger partial charge in [0, 0.05) is 12.3 Å². The number of carbonyl (C=O) groups excluding carboxylic acids is 1. The normalized spacial score (nSPS) is 11.0. The standard InChI is InChI=1S/C20H13F4NO4/c21-16-3-1-2-4-17(16)27-12-19(26)29-15-8-6-14(7-9-15)28-18-10-5-13(11-25-18)20(22,23)24/h1-11H,12H2.